The Hall–Kier alpha value is -0.0800. The molecular weight excluding hydrogens is 160 g/mol. The Balaban J connectivity index is 2.16. The summed E-state index contributed by atoms with van der Waals surface area (Å²) in [5, 5.41) is 3.54. The van der Waals surface area contributed by atoms with Crippen molar-refractivity contribution in [1.29, 1.82) is 0 Å². The van der Waals surface area contributed by atoms with Crippen LogP contribution in [0.5, 0.6) is 0 Å². The van der Waals surface area contributed by atoms with Crippen LogP contribution >= 0.6 is 0 Å². The monoisotopic (exact) mass is 184 g/mol. The number of nitrogens with two attached hydrogens (primary N) is 1. The molecule has 3 N–H and O–H groups in total. The Morgan fingerprint density at radius 2 is 2.00 bits per heavy atom. The van der Waals surface area contributed by atoms with Crippen molar-refractivity contribution >= 4 is 0 Å². The second kappa shape index (κ2) is 5.61. The Bertz CT molecular complexity index is 128. The van der Waals surface area contributed by atoms with Crippen molar-refractivity contribution in [2.75, 3.05) is 19.6 Å². The van der Waals surface area contributed by atoms with Gasteiger partial charge in [0.2, 0.25) is 0 Å². The molecule has 1 aliphatic rings. The third-order valence-electron chi connectivity index (χ3n) is 3.30. The van der Waals surface area contributed by atoms with Gasteiger partial charge in [-0.2, -0.15) is 0 Å². The van der Waals surface area contributed by atoms with E-state index in [9.17, 15) is 0 Å². The zero-order chi connectivity index (χ0) is 9.57. The smallest absolute Gasteiger partial charge is 0.00199 e. The lowest BCUT2D eigenvalue weighted by Gasteiger charge is -2.27. The maximum atomic E-state index is 5.84. The maximum absolute atomic E-state index is 5.84. The SMILES string of the molecule is CCCCNCC1(CN)CCCC1. The fraction of sp³-hybridized carbons (Fsp3) is 1.00. The van der Waals surface area contributed by atoms with E-state index in [0.29, 0.717) is 5.41 Å². The van der Waals surface area contributed by atoms with E-state index in [-0.39, 0.29) is 0 Å². The molecule has 1 rings (SSSR count). The highest BCUT2D eigenvalue weighted by Gasteiger charge is 2.31. The molecule has 0 aromatic rings. The van der Waals surface area contributed by atoms with Crippen LogP contribution in [0.15, 0.2) is 0 Å². The van der Waals surface area contributed by atoms with Gasteiger partial charge in [-0.3, -0.25) is 0 Å². The molecule has 0 atom stereocenters. The third kappa shape index (κ3) is 3.28. The van der Waals surface area contributed by atoms with Crippen LogP contribution in [0.3, 0.4) is 0 Å². The van der Waals surface area contributed by atoms with Gasteiger partial charge in [0.25, 0.3) is 0 Å². The summed E-state index contributed by atoms with van der Waals surface area (Å²) in [6.45, 7) is 5.41. The summed E-state index contributed by atoms with van der Waals surface area (Å²) < 4.78 is 0. The minimum absolute atomic E-state index is 0.452. The zero-order valence-corrected chi connectivity index (χ0v) is 8.94. The molecule has 78 valence electrons. The zero-order valence-electron chi connectivity index (χ0n) is 8.94. The van der Waals surface area contributed by atoms with E-state index in [1.807, 2.05) is 0 Å². The molecule has 0 aliphatic heterocycles. The van der Waals surface area contributed by atoms with Gasteiger partial charge in [-0.15, -0.1) is 0 Å². The minimum atomic E-state index is 0.452. The van der Waals surface area contributed by atoms with Gasteiger partial charge in [0.15, 0.2) is 0 Å². The first kappa shape index (κ1) is 11.0. The number of unbranched alkanes of at least 4 members (excludes halogenated alkanes) is 1. The molecule has 0 aromatic carbocycles. The van der Waals surface area contributed by atoms with Gasteiger partial charge in [0.1, 0.15) is 0 Å². The van der Waals surface area contributed by atoms with Crippen LogP contribution < -0.4 is 11.1 Å². The highest BCUT2D eigenvalue weighted by Crippen LogP contribution is 2.36. The summed E-state index contributed by atoms with van der Waals surface area (Å²) in [5.74, 6) is 0. The van der Waals surface area contributed by atoms with Gasteiger partial charge in [0, 0.05) is 6.54 Å². The standard InChI is InChI=1S/C11H24N2/c1-2-3-8-13-10-11(9-12)6-4-5-7-11/h13H,2-10,12H2,1H3. The van der Waals surface area contributed by atoms with Crippen LogP contribution in [0.25, 0.3) is 0 Å². The molecule has 0 radical (unpaired) electrons. The average molecular weight is 184 g/mol. The maximum Gasteiger partial charge on any atom is 0.00199 e. The number of rotatable bonds is 6. The third-order valence-corrected chi connectivity index (χ3v) is 3.30. The van der Waals surface area contributed by atoms with Crippen molar-refractivity contribution in [3.63, 3.8) is 0 Å². The molecule has 0 spiro atoms. The second-order valence-electron chi connectivity index (χ2n) is 4.44. The fourth-order valence-corrected chi connectivity index (χ4v) is 2.23. The highest BCUT2D eigenvalue weighted by molar-refractivity contribution is 4.87. The summed E-state index contributed by atoms with van der Waals surface area (Å²) in [5.41, 5.74) is 6.30. The molecule has 0 unspecified atom stereocenters. The van der Waals surface area contributed by atoms with Crippen molar-refractivity contribution in [1.82, 2.24) is 5.32 Å². The summed E-state index contributed by atoms with van der Waals surface area (Å²) >= 11 is 0. The molecule has 0 bridgehead atoms. The van der Waals surface area contributed by atoms with Crippen molar-refractivity contribution in [3.8, 4) is 0 Å². The summed E-state index contributed by atoms with van der Waals surface area (Å²) in [6, 6.07) is 0. The normalized spacial score (nSPS) is 20.8. The topological polar surface area (TPSA) is 38.0 Å². The molecule has 1 aliphatic carbocycles. The first-order chi connectivity index (χ1) is 6.33. The summed E-state index contributed by atoms with van der Waals surface area (Å²) in [4.78, 5) is 0. The average Bonchev–Trinajstić information content (AvgIpc) is 2.62. The summed E-state index contributed by atoms with van der Waals surface area (Å²) in [6.07, 6.45) is 8.01. The number of hydrogen-bond donors (Lipinski definition) is 2. The van der Waals surface area contributed by atoms with Crippen LogP contribution in [-0.4, -0.2) is 19.6 Å². The van der Waals surface area contributed by atoms with Crippen LogP contribution in [0.4, 0.5) is 0 Å². The first-order valence-electron chi connectivity index (χ1n) is 5.74. The molecule has 0 amide bonds. The van der Waals surface area contributed by atoms with Crippen LogP contribution in [-0.2, 0) is 0 Å². The predicted molar refractivity (Wildman–Crippen MR) is 57.7 cm³/mol. The lowest BCUT2D eigenvalue weighted by molar-refractivity contribution is 0.291. The molecule has 0 saturated heterocycles. The molecule has 1 saturated carbocycles. The van der Waals surface area contributed by atoms with Gasteiger partial charge in [-0.05, 0) is 37.8 Å². The van der Waals surface area contributed by atoms with E-state index >= 15 is 0 Å². The Morgan fingerprint density at radius 3 is 2.54 bits per heavy atom. The van der Waals surface area contributed by atoms with Crippen molar-refractivity contribution < 1.29 is 0 Å². The Kier molecular flexibility index (Phi) is 4.74. The molecule has 2 nitrogen and oxygen atoms in total. The van der Waals surface area contributed by atoms with E-state index < -0.39 is 0 Å². The van der Waals surface area contributed by atoms with Gasteiger partial charge in [-0.1, -0.05) is 26.2 Å². The molecule has 0 aromatic heterocycles. The quantitative estimate of drug-likeness (QED) is 0.619. The molecule has 1 fully saturated rings. The van der Waals surface area contributed by atoms with Gasteiger partial charge >= 0.3 is 0 Å². The van der Waals surface area contributed by atoms with E-state index in [0.717, 1.165) is 19.6 Å². The predicted octanol–water partition coefficient (Wildman–Crippen LogP) is 1.90. The highest BCUT2D eigenvalue weighted by atomic mass is 14.9. The first-order valence-corrected chi connectivity index (χ1v) is 5.74. The van der Waals surface area contributed by atoms with Gasteiger partial charge in [-0.25, -0.2) is 0 Å². The van der Waals surface area contributed by atoms with Crippen molar-refractivity contribution in [2.45, 2.75) is 45.4 Å². The number of hydrogen-bond acceptors (Lipinski definition) is 2. The van der Waals surface area contributed by atoms with E-state index in [2.05, 4.69) is 12.2 Å². The van der Waals surface area contributed by atoms with Gasteiger partial charge < -0.3 is 11.1 Å². The molecular formula is C11H24N2. The number of nitrogens with one attached hydrogen (secondary N) is 1. The molecule has 13 heavy (non-hydrogen) atoms. The van der Waals surface area contributed by atoms with E-state index in [1.165, 1.54) is 38.5 Å². The van der Waals surface area contributed by atoms with E-state index in [4.69, 9.17) is 5.73 Å². The second-order valence-corrected chi connectivity index (χ2v) is 4.44. The summed E-state index contributed by atoms with van der Waals surface area (Å²) in [7, 11) is 0. The van der Waals surface area contributed by atoms with Crippen LogP contribution in [0, 0.1) is 5.41 Å². The Morgan fingerprint density at radius 1 is 1.31 bits per heavy atom. The van der Waals surface area contributed by atoms with Gasteiger partial charge in [0.05, 0.1) is 0 Å². The fourth-order valence-electron chi connectivity index (χ4n) is 2.23. The molecule has 0 heterocycles. The lowest BCUT2D eigenvalue weighted by Crippen LogP contribution is -2.38. The Labute approximate surface area is 82.3 Å². The largest absolute Gasteiger partial charge is 0.330 e. The lowest BCUT2D eigenvalue weighted by atomic mass is 9.86. The van der Waals surface area contributed by atoms with E-state index in [1.54, 1.807) is 0 Å². The molecule has 2 heteroatoms. The minimum Gasteiger partial charge on any atom is -0.330 e. The van der Waals surface area contributed by atoms with Crippen molar-refractivity contribution in [3.05, 3.63) is 0 Å². The van der Waals surface area contributed by atoms with Crippen LogP contribution in [0.1, 0.15) is 45.4 Å². The van der Waals surface area contributed by atoms with Crippen LogP contribution in [0.2, 0.25) is 0 Å². The van der Waals surface area contributed by atoms with Crippen molar-refractivity contribution in [2.24, 2.45) is 11.1 Å².